The summed E-state index contributed by atoms with van der Waals surface area (Å²) in [4.78, 5) is 7.34. The number of ether oxygens (including phenoxy) is 1. The fraction of sp³-hybridized carbons (Fsp3) is 0.318. The summed E-state index contributed by atoms with van der Waals surface area (Å²) >= 11 is 0. The van der Waals surface area contributed by atoms with E-state index in [0.29, 0.717) is 0 Å². The predicted octanol–water partition coefficient (Wildman–Crippen LogP) is 4.72. The zero-order valence-corrected chi connectivity index (χ0v) is 14.9. The molecule has 0 radical (unpaired) electrons. The van der Waals surface area contributed by atoms with Crippen molar-refractivity contribution in [2.24, 2.45) is 0 Å². The molecule has 3 nitrogen and oxygen atoms in total. The number of nitrogens with zero attached hydrogens (tertiary/aromatic N) is 2. The average Bonchev–Trinajstić information content (AvgIpc) is 2.79. The Hall–Kier alpha value is -2.39. The number of hydrogen-bond donors (Lipinski definition) is 0. The molecule has 1 aliphatic rings. The van der Waals surface area contributed by atoms with Crippen LogP contribution in [0.5, 0.6) is 5.88 Å². The predicted molar refractivity (Wildman–Crippen MR) is 102 cm³/mol. The second-order valence-electron chi connectivity index (χ2n) is 6.90. The summed E-state index contributed by atoms with van der Waals surface area (Å²) in [5.41, 5.74) is 4.77. The van der Waals surface area contributed by atoms with Crippen molar-refractivity contribution in [3.05, 3.63) is 71.3 Å². The third kappa shape index (κ3) is 3.38. The van der Waals surface area contributed by atoms with Gasteiger partial charge in [0.2, 0.25) is 5.88 Å². The van der Waals surface area contributed by atoms with Crippen molar-refractivity contribution >= 4 is 10.9 Å². The number of fused-ring (bicyclic) bond motifs is 2. The number of rotatable bonds is 3. The maximum Gasteiger partial charge on any atom is 0.218 e. The van der Waals surface area contributed by atoms with E-state index < -0.39 is 0 Å². The van der Waals surface area contributed by atoms with Gasteiger partial charge in [0.25, 0.3) is 0 Å². The maximum absolute atomic E-state index is 6.28. The Bertz CT molecular complexity index is 876. The van der Waals surface area contributed by atoms with Gasteiger partial charge in [-0.1, -0.05) is 55.5 Å². The molecule has 0 bridgehead atoms. The molecular weight excluding hydrogens is 308 g/mol. The smallest absolute Gasteiger partial charge is 0.218 e. The van der Waals surface area contributed by atoms with Crippen LogP contribution in [0, 0.1) is 6.92 Å². The van der Waals surface area contributed by atoms with Crippen molar-refractivity contribution in [3.63, 3.8) is 0 Å². The van der Waals surface area contributed by atoms with Gasteiger partial charge in [0.15, 0.2) is 0 Å². The van der Waals surface area contributed by atoms with Crippen LogP contribution in [0.15, 0.2) is 54.6 Å². The first-order valence-corrected chi connectivity index (χ1v) is 9.05. The number of aryl methyl sites for hydroxylation is 1. The van der Waals surface area contributed by atoms with Gasteiger partial charge in [0, 0.05) is 30.6 Å². The van der Waals surface area contributed by atoms with E-state index in [1.165, 1.54) is 22.1 Å². The second kappa shape index (κ2) is 6.85. The van der Waals surface area contributed by atoms with Crippen LogP contribution in [0.4, 0.5) is 0 Å². The van der Waals surface area contributed by atoms with Gasteiger partial charge in [-0.3, -0.25) is 4.90 Å². The maximum atomic E-state index is 6.28. The molecule has 25 heavy (non-hydrogen) atoms. The number of hydrogen-bond acceptors (Lipinski definition) is 3. The Morgan fingerprint density at radius 1 is 1.12 bits per heavy atom. The fourth-order valence-electron chi connectivity index (χ4n) is 3.55. The first-order valence-electron chi connectivity index (χ1n) is 9.05. The summed E-state index contributed by atoms with van der Waals surface area (Å²) in [6, 6.07) is 19.2. The van der Waals surface area contributed by atoms with Crippen LogP contribution < -0.4 is 4.74 Å². The van der Waals surface area contributed by atoms with Crippen LogP contribution in [0.2, 0.25) is 0 Å². The van der Waals surface area contributed by atoms with Crippen LogP contribution in [0.1, 0.15) is 30.0 Å². The number of benzene rings is 2. The van der Waals surface area contributed by atoms with E-state index >= 15 is 0 Å². The Morgan fingerprint density at radius 3 is 2.76 bits per heavy atom. The van der Waals surface area contributed by atoms with Crippen molar-refractivity contribution in [2.45, 2.75) is 39.5 Å². The summed E-state index contributed by atoms with van der Waals surface area (Å²) in [6.07, 6.45) is 1.16. The van der Waals surface area contributed by atoms with Crippen molar-refractivity contribution in [1.82, 2.24) is 9.88 Å². The average molecular weight is 332 g/mol. The molecular formula is C22H24N2O. The number of aromatic nitrogens is 1. The SMILES string of the molecule is CC[C@@H]1CN(Cc2ccccc2)Cc2cc3cccc(C)c3nc2O1. The molecule has 0 amide bonds. The lowest BCUT2D eigenvalue weighted by atomic mass is 10.1. The molecule has 2 heterocycles. The van der Waals surface area contributed by atoms with Crippen LogP contribution in [0.25, 0.3) is 10.9 Å². The van der Waals surface area contributed by atoms with Gasteiger partial charge in [-0.15, -0.1) is 0 Å². The second-order valence-corrected chi connectivity index (χ2v) is 6.90. The lowest BCUT2D eigenvalue weighted by molar-refractivity contribution is 0.136. The molecule has 0 fully saturated rings. The monoisotopic (exact) mass is 332 g/mol. The first kappa shape index (κ1) is 16.1. The zero-order chi connectivity index (χ0) is 17.2. The van der Waals surface area contributed by atoms with Gasteiger partial charge in [0.05, 0.1) is 5.52 Å². The van der Waals surface area contributed by atoms with Gasteiger partial charge in [-0.25, -0.2) is 4.98 Å². The molecule has 0 unspecified atom stereocenters. The van der Waals surface area contributed by atoms with Gasteiger partial charge in [-0.05, 0) is 30.5 Å². The molecule has 1 aromatic heterocycles. The molecule has 3 heteroatoms. The van der Waals surface area contributed by atoms with E-state index in [-0.39, 0.29) is 6.10 Å². The largest absolute Gasteiger partial charge is 0.473 e. The molecule has 1 aliphatic heterocycles. The minimum Gasteiger partial charge on any atom is -0.473 e. The zero-order valence-electron chi connectivity index (χ0n) is 14.9. The lowest BCUT2D eigenvalue weighted by Gasteiger charge is -2.23. The minimum atomic E-state index is 0.180. The van der Waals surface area contributed by atoms with Gasteiger partial charge >= 0.3 is 0 Å². The quantitative estimate of drug-likeness (QED) is 0.694. The molecule has 0 spiro atoms. The highest BCUT2D eigenvalue weighted by molar-refractivity contribution is 5.83. The van der Waals surface area contributed by atoms with E-state index in [2.05, 4.69) is 73.3 Å². The summed E-state index contributed by atoms with van der Waals surface area (Å²) < 4.78 is 6.28. The van der Waals surface area contributed by atoms with Crippen LogP contribution >= 0.6 is 0 Å². The molecule has 0 N–H and O–H groups in total. The van der Waals surface area contributed by atoms with Gasteiger partial charge in [0.1, 0.15) is 6.10 Å². The normalized spacial score (nSPS) is 17.8. The van der Waals surface area contributed by atoms with E-state index in [0.717, 1.165) is 37.5 Å². The summed E-state index contributed by atoms with van der Waals surface area (Å²) in [5, 5.41) is 1.19. The molecule has 3 aromatic rings. The van der Waals surface area contributed by atoms with Crippen molar-refractivity contribution in [1.29, 1.82) is 0 Å². The molecule has 1 atom stereocenters. The van der Waals surface area contributed by atoms with Gasteiger partial charge in [-0.2, -0.15) is 0 Å². The van der Waals surface area contributed by atoms with Crippen LogP contribution in [0.3, 0.4) is 0 Å². The molecule has 4 rings (SSSR count). The Labute approximate surface area is 149 Å². The van der Waals surface area contributed by atoms with E-state index in [9.17, 15) is 0 Å². The summed E-state index contributed by atoms with van der Waals surface area (Å²) in [6.45, 7) is 7.03. The van der Waals surface area contributed by atoms with Crippen LogP contribution in [-0.2, 0) is 13.1 Å². The highest BCUT2D eigenvalue weighted by atomic mass is 16.5. The van der Waals surface area contributed by atoms with Crippen molar-refractivity contribution in [2.75, 3.05) is 6.54 Å². The van der Waals surface area contributed by atoms with E-state index in [1.54, 1.807) is 0 Å². The Morgan fingerprint density at radius 2 is 1.96 bits per heavy atom. The molecule has 128 valence electrons. The Balaban J connectivity index is 1.71. The highest BCUT2D eigenvalue weighted by Crippen LogP contribution is 2.29. The van der Waals surface area contributed by atoms with E-state index in [4.69, 9.17) is 9.72 Å². The number of para-hydroxylation sites is 1. The van der Waals surface area contributed by atoms with Crippen molar-refractivity contribution < 1.29 is 4.74 Å². The molecule has 0 aliphatic carbocycles. The lowest BCUT2D eigenvalue weighted by Crippen LogP contribution is -2.32. The minimum absolute atomic E-state index is 0.180. The van der Waals surface area contributed by atoms with E-state index in [1.807, 2.05) is 0 Å². The highest BCUT2D eigenvalue weighted by Gasteiger charge is 2.23. The third-order valence-electron chi connectivity index (χ3n) is 4.93. The summed E-state index contributed by atoms with van der Waals surface area (Å²) in [7, 11) is 0. The van der Waals surface area contributed by atoms with Gasteiger partial charge < -0.3 is 4.74 Å². The Kier molecular flexibility index (Phi) is 4.41. The molecule has 2 aromatic carbocycles. The first-order chi connectivity index (χ1) is 12.2. The topological polar surface area (TPSA) is 25.4 Å². The van der Waals surface area contributed by atoms with Crippen molar-refractivity contribution in [3.8, 4) is 5.88 Å². The standard InChI is InChI=1S/C22H24N2O/c1-3-20-15-24(13-17-9-5-4-6-10-17)14-19-12-18-11-7-8-16(2)21(18)23-22(19)25-20/h4-12,20H,3,13-15H2,1-2H3/t20-/m1/s1. The number of pyridine rings is 1. The fourth-order valence-corrected chi connectivity index (χ4v) is 3.55. The summed E-state index contributed by atoms with van der Waals surface area (Å²) in [5.74, 6) is 0.809. The molecule has 0 saturated carbocycles. The van der Waals surface area contributed by atoms with Crippen LogP contribution in [-0.4, -0.2) is 22.5 Å². The molecule has 0 saturated heterocycles. The third-order valence-corrected chi connectivity index (χ3v) is 4.93.